The lowest BCUT2D eigenvalue weighted by molar-refractivity contribution is -0.122. The molecule has 1 aliphatic heterocycles. The highest BCUT2D eigenvalue weighted by atomic mass is 16.5. The van der Waals surface area contributed by atoms with Crippen molar-refractivity contribution in [3.63, 3.8) is 0 Å². The van der Waals surface area contributed by atoms with Crippen LogP contribution in [0.2, 0.25) is 0 Å². The first-order chi connectivity index (χ1) is 10.2. The summed E-state index contributed by atoms with van der Waals surface area (Å²) in [6.07, 6.45) is 8.41. The highest BCUT2D eigenvalue weighted by molar-refractivity contribution is 5.76. The van der Waals surface area contributed by atoms with Gasteiger partial charge in [-0.15, -0.1) is 0 Å². The van der Waals surface area contributed by atoms with Crippen LogP contribution < -0.4 is 10.1 Å². The fourth-order valence-electron chi connectivity index (χ4n) is 3.74. The average molecular weight is 287 g/mol. The Bertz CT molecular complexity index is 506. The van der Waals surface area contributed by atoms with E-state index in [4.69, 9.17) is 4.74 Å². The third kappa shape index (κ3) is 3.07. The summed E-state index contributed by atoms with van der Waals surface area (Å²) >= 11 is 0. The van der Waals surface area contributed by atoms with Gasteiger partial charge in [-0.3, -0.25) is 4.79 Å². The van der Waals surface area contributed by atoms with Crippen LogP contribution in [0.15, 0.2) is 24.3 Å². The standard InChI is InChI=1S/C18H25NO2/c1-2-8-17(20)19-15-13-18(11-6-3-7-12-18)21-16-10-5-4-9-14(15)16/h4-5,9-10,15H,2-3,6-8,11-13H2,1H3,(H,19,20). The molecule has 1 amide bonds. The highest BCUT2D eigenvalue weighted by Crippen LogP contribution is 2.45. The Balaban J connectivity index is 1.85. The molecule has 0 radical (unpaired) electrons. The zero-order valence-corrected chi connectivity index (χ0v) is 12.9. The van der Waals surface area contributed by atoms with E-state index in [-0.39, 0.29) is 17.6 Å². The molecular formula is C18H25NO2. The van der Waals surface area contributed by atoms with Crippen molar-refractivity contribution in [1.82, 2.24) is 5.32 Å². The molecule has 1 spiro atoms. The van der Waals surface area contributed by atoms with E-state index in [0.29, 0.717) is 6.42 Å². The van der Waals surface area contributed by atoms with Gasteiger partial charge in [0.1, 0.15) is 11.4 Å². The summed E-state index contributed by atoms with van der Waals surface area (Å²) < 4.78 is 6.38. The highest BCUT2D eigenvalue weighted by Gasteiger charge is 2.41. The van der Waals surface area contributed by atoms with Gasteiger partial charge < -0.3 is 10.1 Å². The number of benzene rings is 1. The number of hydrogen-bond acceptors (Lipinski definition) is 2. The first kappa shape index (κ1) is 14.4. The van der Waals surface area contributed by atoms with Gasteiger partial charge in [0.05, 0.1) is 6.04 Å². The number of ether oxygens (including phenoxy) is 1. The van der Waals surface area contributed by atoms with Crippen molar-refractivity contribution in [2.45, 2.75) is 69.9 Å². The number of amides is 1. The molecule has 1 saturated carbocycles. The number of carbonyl (C=O) groups excluding carboxylic acids is 1. The van der Waals surface area contributed by atoms with E-state index >= 15 is 0 Å². The van der Waals surface area contributed by atoms with Gasteiger partial charge in [-0.25, -0.2) is 0 Å². The molecule has 0 aromatic heterocycles. The molecule has 1 aromatic carbocycles. The fourth-order valence-corrected chi connectivity index (χ4v) is 3.74. The molecule has 1 unspecified atom stereocenters. The molecule has 1 heterocycles. The molecule has 3 rings (SSSR count). The molecule has 1 aliphatic carbocycles. The van der Waals surface area contributed by atoms with Gasteiger partial charge in [0.2, 0.25) is 5.91 Å². The summed E-state index contributed by atoms with van der Waals surface area (Å²) in [7, 11) is 0. The second kappa shape index (κ2) is 6.08. The summed E-state index contributed by atoms with van der Waals surface area (Å²) in [6, 6.07) is 8.28. The lowest BCUT2D eigenvalue weighted by atomic mass is 9.77. The number of para-hydroxylation sites is 1. The largest absolute Gasteiger partial charge is 0.487 e. The predicted molar refractivity (Wildman–Crippen MR) is 83.3 cm³/mol. The van der Waals surface area contributed by atoms with Crippen LogP contribution in [-0.2, 0) is 4.79 Å². The first-order valence-electron chi connectivity index (χ1n) is 8.30. The Morgan fingerprint density at radius 1 is 1.29 bits per heavy atom. The fraction of sp³-hybridized carbons (Fsp3) is 0.611. The van der Waals surface area contributed by atoms with E-state index in [1.165, 1.54) is 19.3 Å². The van der Waals surface area contributed by atoms with Gasteiger partial charge in [-0.1, -0.05) is 31.5 Å². The second-order valence-corrected chi connectivity index (χ2v) is 6.46. The molecule has 3 nitrogen and oxygen atoms in total. The minimum atomic E-state index is -0.0588. The number of carbonyl (C=O) groups is 1. The molecule has 0 saturated heterocycles. The lowest BCUT2D eigenvalue weighted by Gasteiger charge is -2.44. The van der Waals surface area contributed by atoms with Gasteiger partial charge in [0.15, 0.2) is 0 Å². The van der Waals surface area contributed by atoms with E-state index < -0.39 is 0 Å². The second-order valence-electron chi connectivity index (χ2n) is 6.46. The van der Waals surface area contributed by atoms with Gasteiger partial charge in [0, 0.05) is 18.4 Å². The summed E-state index contributed by atoms with van der Waals surface area (Å²) in [6.45, 7) is 2.04. The van der Waals surface area contributed by atoms with E-state index in [1.54, 1.807) is 0 Å². The minimum absolute atomic E-state index is 0.0588. The maximum atomic E-state index is 12.0. The van der Waals surface area contributed by atoms with Crippen LogP contribution in [0.1, 0.15) is 69.9 Å². The molecule has 3 heteroatoms. The van der Waals surface area contributed by atoms with Crippen LogP contribution in [0, 0.1) is 0 Å². The number of hydrogen-bond donors (Lipinski definition) is 1. The zero-order chi connectivity index (χ0) is 14.7. The molecular weight excluding hydrogens is 262 g/mol. The van der Waals surface area contributed by atoms with Gasteiger partial charge >= 0.3 is 0 Å². The molecule has 1 atom stereocenters. The summed E-state index contributed by atoms with van der Waals surface area (Å²) in [5, 5.41) is 3.23. The first-order valence-corrected chi connectivity index (χ1v) is 8.30. The Labute approximate surface area is 127 Å². The van der Waals surface area contributed by atoms with E-state index in [2.05, 4.69) is 11.4 Å². The maximum Gasteiger partial charge on any atom is 0.220 e. The SMILES string of the molecule is CCCC(=O)NC1CC2(CCCCC2)Oc2ccccc21. The van der Waals surface area contributed by atoms with Crippen LogP contribution in [0.3, 0.4) is 0 Å². The van der Waals surface area contributed by atoms with Crippen molar-refractivity contribution in [2.75, 3.05) is 0 Å². The van der Waals surface area contributed by atoms with Crippen molar-refractivity contribution >= 4 is 5.91 Å². The van der Waals surface area contributed by atoms with Crippen molar-refractivity contribution < 1.29 is 9.53 Å². The summed E-state index contributed by atoms with van der Waals surface area (Å²) in [5.41, 5.74) is 1.08. The zero-order valence-electron chi connectivity index (χ0n) is 12.9. The number of rotatable bonds is 3. The third-order valence-corrected chi connectivity index (χ3v) is 4.77. The van der Waals surface area contributed by atoms with Crippen molar-refractivity contribution in [3.05, 3.63) is 29.8 Å². The third-order valence-electron chi connectivity index (χ3n) is 4.77. The van der Waals surface area contributed by atoms with E-state index in [1.807, 2.05) is 25.1 Å². The molecule has 1 aromatic rings. The molecule has 2 aliphatic rings. The minimum Gasteiger partial charge on any atom is -0.487 e. The van der Waals surface area contributed by atoms with Gasteiger partial charge in [-0.05, 0) is 38.2 Å². The van der Waals surface area contributed by atoms with Crippen molar-refractivity contribution in [2.24, 2.45) is 0 Å². The topological polar surface area (TPSA) is 38.3 Å². The lowest BCUT2D eigenvalue weighted by Crippen LogP contribution is -2.46. The van der Waals surface area contributed by atoms with Crippen LogP contribution in [0.5, 0.6) is 5.75 Å². The van der Waals surface area contributed by atoms with E-state index in [9.17, 15) is 4.79 Å². The average Bonchev–Trinajstić information content (AvgIpc) is 2.48. The molecule has 1 fully saturated rings. The molecule has 114 valence electrons. The van der Waals surface area contributed by atoms with Crippen LogP contribution in [-0.4, -0.2) is 11.5 Å². The van der Waals surface area contributed by atoms with Crippen molar-refractivity contribution in [1.29, 1.82) is 0 Å². The monoisotopic (exact) mass is 287 g/mol. The van der Waals surface area contributed by atoms with Gasteiger partial charge in [-0.2, -0.15) is 0 Å². The molecule has 21 heavy (non-hydrogen) atoms. The van der Waals surface area contributed by atoms with Crippen molar-refractivity contribution in [3.8, 4) is 5.75 Å². The van der Waals surface area contributed by atoms with Crippen LogP contribution in [0.25, 0.3) is 0 Å². The van der Waals surface area contributed by atoms with E-state index in [0.717, 1.165) is 37.0 Å². The smallest absolute Gasteiger partial charge is 0.220 e. The molecule has 1 N–H and O–H groups in total. The van der Waals surface area contributed by atoms with Crippen LogP contribution >= 0.6 is 0 Å². The summed E-state index contributed by atoms with van der Waals surface area (Å²) in [5.74, 6) is 1.12. The summed E-state index contributed by atoms with van der Waals surface area (Å²) in [4.78, 5) is 12.0. The van der Waals surface area contributed by atoms with Gasteiger partial charge in [0.25, 0.3) is 0 Å². The Morgan fingerprint density at radius 3 is 2.81 bits per heavy atom. The quantitative estimate of drug-likeness (QED) is 0.907. The predicted octanol–water partition coefficient (Wildman–Crippen LogP) is 4.13. The Kier molecular flexibility index (Phi) is 4.18. The number of fused-ring (bicyclic) bond motifs is 1. The van der Waals surface area contributed by atoms with Crippen LogP contribution in [0.4, 0.5) is 0 Å². The normalized spacial score (nSPS) is 23.2. The number of nitrogens with one attached hydrogen (secondary N) is 1. The Hall–Kier alpha value is -1.51. The molecule has 0 bridgehead atoms. The maximum absolute atomic E-state index is 12.0. The Morgan fingerprint density at radius 2 is 2.05 bits per heavy atom.